The molecule has 1 aliphatic heterocycles. The van der Waals surface area contributed by atoms with Crippen molar-refractivity contribution in [3.8, 4) is 0 Å². The highest BCUT2D eigenvalue weighted by Gasteiger charge is 2.15. The van der Waals surface area contributed by atoms with Crippen LogP contribution < -0.4 is 0 Å². The first-order valence-corrected chi connectivity index (χ1v) is 4.40. The van der Waals surface area contributed by atoms with Gasteiger partial charge in [0.2, 0.25) is 0 Å². The lowest BCUT2D eigenvalue weighted by Crippen LogP contribution is -1.94. The third-order valence-electron chi connectivity index (χ3n) is 2.19. The standard InChI is InChI=1S/C12H12O/c1-2-10-8-12(13-9-10)11-6-4-3-5-7-11/h2-8,12H,1,9H2. The molecule has 0 bridgehead atoms. The van der Waals surface area contributed by atoms with E-state index in [0.717, 1.165) is 0 Å². The van der Waals surface area contributed by atoms with Crippen LogP contribution in [0.25, 0.3) is 0 Å². The first-order valence-electron chi connectivity index (χ1n) is 4.40. The molecule has 1 heteroatoms. The first kappa shape index (κ1) is 8.27. The van der Waals surface area contributed by atoms with Crippen molar-refractivity contribution in [3.05, 3.63) is 60.2 Å². The molecule has 1 unspecified atom stereocenters. The molecule has 1 aliphatic rings. The molecule has 0 amide bonds. The van der Waals surface area contributed by atoms with E-state index in [1.165, 1.54) is 11.1 Å². The van der Waals surface area contributed by atoms with Crippen LogP contribution in [0.5, 0.6) is 0 Å². The van der Waals surface area contributed by atoms with E-state index in [1.807, 2.05) is 24.3 Å². The van der Waals surface area contributed by atoms with Gasteiger partial charge in [-0.2, -0.15) is 0 Å². The van der Waals surface area contributed by atoms with Gasteiger partial charge in [-0.25, -0.2) is 0 Å². The number of hydrogen-bond acceptors (Lipinski definition) is 1. The van der Waals surface area contributed by atoms with E-state index < -0.39 is 0 Å². The van der Waals surface area contributed by atoms with Crippen LogP contribution in [0.4, 0.5) is 0 Å². The highest BCUT2D eigenvalue weighted by atomic mass is 16.5. The molecule has 1 aromatic rings. The third-order valence-corrected chi connectivity index (χ3v) is 2.19. The maximum Gasteiger partial charge on any atom is 0.102 e. The molecule has 0 fully saturated rings. The summed E-state index contributed by atoms with van der Waals surface area (Å²) in [6.07, 6.45) is 4.08. The van der Waals surface area contributed by atoms with E-state index in [-0.39, 0.29) is 6.10 Å². The van der Waals surface area contributed by atoms with Gasteiger partial charge < -0.3 is 4.74 Å². The Morgan fingerprint density at radius 1 is 1.31 bits per heavy atom. The zero-order chi connectivity index (χ0) is 9.10. The molecule has 0 N–H and O–H groups in total. The summed E-state index contributed by atoms with van der Waals surface area (Å²) in [7, 11) is 0. The van der Waals surface area contributed by atoms with Crippen LogP contribution in [0.3, 0.4) is 0 Å². The van der Waals surface area contributed by atoms with Crippen LogP contribution in [-0.4, -0.2) is 6.61 Å². The monoisotopic (exact) mass is 172 g/mol. The molecular weight excluding hydrogens is 160 g/mol. The van der Waals surface area contributed by atoms with E-state index in [2.05, 4.69) is 24.8 Å². The lowest BCUT2D eigenvalue weighted by atomic mass is 10.1. The molecule has 13 heavy (non-hydrogen) atoms. The fourth-order valence-electron chi connectivity index (χ4n) is 1.44. The number of rotatable bonds is 2. The van der Waals surface area contributed by atoms with Crippen LogP contribution in [-0.2, 0) is 4.74 Å². The summed E-state index contributed by atoms with van der Waals surface area (Å²) in [5.74, 6) is 0. The number of hydrogen-bond donors (Lipinski definition) is 0. The summed E-state index contributed by atoms with van der Waals surface area (Å²) in [5.41, 5.74) is 2.38. The minimum atomic E-state index is 0.120. The van der Waals surface area contributed by atoms with Gasteiger partial charge in [-0.15, -0.1) is 0 Å². The Morgan fingerprint density at radius 2 is 2.08 bits per heavy atom. The maximum atomic E-state index is 5.58. The Morgan fingerprint density at radius 3 is 2.69 bits per heavy atom. The van der Waals surface area contributed by atoms with Crippen molar-refractivity contribution < 1.29 is 4.74 Å². The lowest BCUT2D eigenvalue weighted by molar-refractivity contribution is 0.127. The average molecular weight is 172 g/mol. The van der Waals surface area contributed by atoms with Crippen molar-refractivity contribution in [1.29, 1.82) is 0 Å². The Bertz CT molecular complexity index is 324. The molecule has 1 atom stereocenters. The van der Waals surface area contributed by atoms with Crippen molar-refractivity contribution in [3.63, 3.8) is 0 Å². The predicted octanol–water partition coefficient (Wildman–Crippen LogP) is 2.87. The second-order valence-corrected chi connectivity index (χ2v) is 3.09. The van der Waals surface area contributed by atoms with Gasteiger partial charge >= 0.3 is 0 Å². The number of ether oxygens (including phenoxy) is 1. The summed E-state index contributed by atoms with van der Waals surface area (Å²) in [5, 5.41) is 0. The summed E-state index contributed by atoms with van der Waals surface area (Å²) in [4.78, 5) is 0. The highest BCUT2D eigenvalue weighted by molar-refractivity contribution is 5.29. The van der Waals surface area contributed by atoms with Crippen molar-refractivity contribution in [2.24, 2.45) is 0 Å². The average Bonchev–Trinajstić information content (AvgIpc) is 2.67. The fourth-order valence-corrected chi connectivity index (χ4v) is 1.44. The van der Waals surface area contributed by atoms with Gasteiger partial charge in [0.25, 0.3) is 0 Å². The lowest BCUT2D eigenvalue weighted by Gasteiger charge is -2.06. The second kappa shape index (κ2) is 3.58. The normalized spacial score (nSPS) is 21.2. The topological polar surface area (TPSA) is 9.23 Å². The van der Waals surface area contributed by atoms with E-state index in [0.29, 0.717) is 6.61 Å². The SMILES string of the molecule is C=CC1=CC(c2ccccc2)OC1. The third kappa shape index (κ3) is 1.70. The Balaban J connectivity index is 2.21. The Kier molecular flexibility index (Phi) is 2.28. The van der Waals surface area contributed by atoms with Gasteiger partial charge in [-0.1, -0.05) is 43.0 Å². The van der Waals surface area contributed by atoms with Crippen molar-refractivity contribution in [2.45, 2.75) is 6.10 Å². The number of benzene rings is 1. The highest BCUT2D eigenvalue weighted by Crippen LogP contribution is 2.26. The predicted molar refractivity (Wildman–Crippen MR) is 53.4 cm³/mol. The molecular formula is C12H12O. The van der Waals surface area contributed by atoms with Crippen LogP contribution in [0.2, 0.25) is 0 Å². The summed E-state index contributed by atoms with van der Waals surface area (Å²) in [6, 6.07) is 10.2. The van der Waals surface area contributed by atoms with E-state index >= 15 is 0 Å². The van der Waals surface area contributed by atoms with Crippen molar-refractivity contribution in [1.82, 2.24) is 0 Å². The Labute approximate surface area is 78.3 Å². The molecule has 1 nitrogen and oxygen atoms in total. The quantitative estimate of drug-likeness (QED) is 0.666. The molecule has 1 aromatic carbocycles. The van der Waals surface area contributed by atoms with Gasteiger partial charge in [-0.05, 0) is 17.2 Å². The van der Waals surface area contributed by atoms with Gasteiger partial charge in [0.1, 0.15) is 6.10 Å². The molecule has 2 rings (SSSR count). The minimum absolute atomic E-state index is 0.120. The van der Waals surface area contributed by atoms with Gasteiger partial charge in [0, 0.05) is 0 Å². The molecule has 0 radical (unpaired) electrons. The van der Waals surface area contributed by atoms with Crippen LogP contribution >= 0.6 is 0 Å². The van der Waals surface area contributed by atoms with Gasteiger partial charge in [-0.3, -0.25) is 0 Å². The molecule has 66 valence electrons. The molecule has 1 heterocycles. The summed E-state index contributed by atoms with van der Waals surface area (Å²) < 4.78 is 5.58. The van der Waals surface area contributed by atoms with E-state index in [1.54, 1.807) is 0 Å². The zero-order valence-corrected chi connectivity index (χ0v) is 7.44. The summed E-state index contributed by atoms with van der Waals surface area (Å²) in [6.45, 7) is 4.41. The van der Waals surface area contributed by atoms with Crippen LogP contribution in [0.15, 0.2) is 54.6 Å². The molecule has 0 aromatic heterocycles. The van der Waals surface area contributed by atoms with E-state index in [9.17, 15) is 0 Å². The molecule has 0 saturated heterocycles. The fraction of sp³-hybridized carbons (Fsp3) is 0.167. The largest absolute Gasteiger partial charge is 0.365 e. The van der Waals surface area contributed by atoms with Crippen LogP contribution in [0, 0.1) is 0 Å². The van der Waals surface area contributed by atoms with Gasteiger partial charge in [0.15, 0.2) is 0 Å². The van der Waals surface area contributed by atoms with E-state index in [4.69, 9.17) is 4.74 Å². The first-order chi connectivity index (χ1) is 6.40. The van der Waals surface area contributed by atoms with Gasteiger partial charge in [0.05, 0.1) is 6.61 Å². The minimum Gasteiger partial charge on any atom is -0.365 e. The maximum absolute atomic E-state index is 5.58. The summed E-state index contributed by atoms with van der Waals surface area (Å²) >= 11 is 0. The Hall–Kier alpha value is -1.34. The smallest absolute Gasteiger partial charge is 0.102 e. The van der Waals surface area contributed by atoms with Crippen molar-refractivity contribution >= 4 is 0 Å². The molecule has 0 spiro atoms. The zero-order valence-electron chi connectivity index (χ0n) is 7.44. The van der Waals surface area contributed by atoms with Crippen LogP contribution in [0.1, 0.15) is 11.7 Å². The van der Waals surface area contributed by atoms with Crippen molar-refractivity contribution in [2.75, 3.05) is 6.61 Å². The molecule has 0 aliphatic carbocycles. The second-order valence-electron chi connectivity index (χ2n) is 3.09. The molecule has 0 saturated carbocycles.